The Balaban J connectivity index is 2.03. The van der Waals surface area contributed by atoms with E-state index in [4.69, 9.17) is 17.3 Å². The molecule has 1 aromatic carbocycles. The molecule has 0 aliphatic carbocycles. The van der Waals surface area contributed by atoms with Gasteiger partial charge < -0.3 is 16.0 Å². The molecule has 26 heavy (non-hydrogen) atoms. The van der Waals surface area contributed by atoms with Crippen molar-refractivity contribution in [2.24, 2.45) is 11.7 Å². The number of halogens is 1. The van der Waals surface area contributed by atoms with Gasteiger partial charge in [0, 0.05) is 19.1 Å². The van der Waals surface area contributed by atoms with Crippen LogP contribution in [0, 0.1) is 5.92 Å². The van der Waals surface area contributed by atoms with E-state index < -0.39 is 6.04 Å². The third-order valence-corrected chi connectivity index (χ3v) is 5.90. The van der Waals surface area contributed by atoms with Crippen molar-refractivity contribution in [2.75, 3.05) is 25.1 Å². The number of hydrogen-bond donors (Lipinski definition) is 2. The fraction of sp³-hybridized carbons (Fsp3) is 0.579. The molecule has 1 fully saturated rings. The van der Waals surface area contributed by atoms with Gasteiger partial charge in [-0.2, -0.15) is 11.8 Å². The fourth-order valence-electron chi connectivity index (χ4n) is 3.24. The number of benzene rings is 1. The van der Waals surface area contributed by atoms with Gasteiger partial charge in [-0.05, 0) is 56.2 Å². The zero-order valence-corrected chi connectivity index (χ0v) is 17.0. The quantitative estimate of drug-likeness (QED) is 0.741. The van der Waals surface area contributed by atoms with Gasteiger partial charge in [-0.25, -0.2) is 0 Å². The van der Waals surface area contributed by atoms with E-state index in [9.17, 15) is 9.59 Å². The Morgan fingerprint density at radius 1 is 1.35 bits per heavy atom. The standard InChI is InChI=1S/C19H28ClN3O2S/c1-13(21)14-7-10-23(11-8-14)19(25)17(9-12-26-2)22-18(24)15-5-3-4-6-16(15)20/h3-6,13-14,17H,7-12,21H2,1-2H3,(H,22,24). The second kappa shape index (κ2) is 10.2. The highest BCUT2D eigenvalue weighted by Crippen LogP contribution is 2.21. The van der Waals surface area contributed by atoms with Crippen molar-refractivity contribution in [1.82, 2.24) is 10.2 Å². The van der Waals surface area contributed by atoms with Gasteiger partial charge in [0.15, 0.2) is 0 Å². The van der Waals surface area contributed by atoms with E-state index in [0.29, 0.717) is 36.0 Å². The van der Waals surface area contributed by atoms with Gasteiger partial charge >= 0.3 is 0 Å². The number of likely N-dealkylation sites (tertiary alicyclic amines) is 1. The van der Waals surface area contributed by atoms with E-state index in [1.54, 1.807) is 36.0 Å². The maximum absolute atomic E-state index is 13.0. The summed E-state index contributed by atoms with van der Waals surface area (Å²) in [6, 6.07) is 6.50. The molecule has 7 heteroatoms. The van der Waals surface area contributed by atoms with Crippen LogP contribution in [0.3, 0.4) is 0 Å². The maximum Gasteiger partial charge on any atom is 0.253 e. The molecule has 1 heterocycles. The number of rotatable bonds is 7. The first-order valence-corrected chi connectivity index (χ1v) is 10.8. The van der Waals surface area contributed by atoms with Gasteiger partial charge in [-0.3, -0.25) is 9.59 Å². The average Bonchev–Trinajstić information content (AvgIpc) is 2.64. The van der Waals surface area contributed by atoms with E-state index in [1.165, 1.54) is 0 Å². The summed E-state index contributed by atoms with van der Waals surface area (Å²) in [6.07, 6.45) is 4.42. The van der Waals surface area contributed by atoms with Gasteiger partial charge in [0.1, 0.15) is 6.04 Å². The molecule has 0 saturated carbocycles. The van der Waals surface area contributed by atoms with Gasteiger partial charge in [0.2, 0.25) is 5.91 Å². The van der Waals surface area contributed by atoms with Crippen LogP contribution in [0.25, 0.3) is 0 Å². The van der Waals surface area contributed by atoms with Gasteiger partial charge in [0.05, 0.1) is 10.6 Å². The lowest BCUT2D eigenvalue weighted by molar-refractivity contribution is -0.134. The van der Waals surface area contributed by atoms with Crippen LogP contribution in [0.4, 0.5) is 0 Å². The second-order valence-corrected chi connectivity index (χ2v) is 8.20. The summed E-state index contributed by atoms with van der Waals surface area (Å²) >= 11 is 7.77. The number of hydrogen-bond acceptors (Lipinski definition) is 4. The Morgan fingerprint density at radius 2 is 2.00 bits per heavy atom. The Morgan fingerprint density at radius 3 is 2.58 bits per heavy atom. The smallest absolute Gasteiger partial charge is 0.253 e. The van der Waals surface area contributed by atoms with Gasteiger partial charge in [-0.15, -0.1) is 0 Å². The third-order valence-electron chi connectivity index (χ3n) is 4.93. The molecule has 0 spiro atoms. The Kier molecular flexibility index (Phi) is 8.25. The number of amides is 2. The van der Waals surface area contributed by atoms with Crippen molar-refractivity contribution >= 4 is 35.2 Å². The van der Waals surface area contributed by atoms with Crippen LogP contribution in [0.2, 0.25) is 5.02 Å². The number of nitrogens with two attached hydrogens (primary N) is 1. The molecule has 1 aliphatic rings. The largest absolute Gasteiger partial charge is 0.341 e. The second-order valence-electron chi connectivity index (χ2n) is 6.81. The molecule has 2 unspecified atom stereocenters. The highest BCUT2D eigenvalue weighted by atomic mass is 35.5. The summed E-state index contributed by atoms with van der Waals surface area (Å²) in [5.74, 6) is 0.944. The van der Waals surface area contributed by atoms with E-state index >= 15 is 0 Å². The van der Waals surface area contributed by atoms with Crippen molar-refractivity contribution < 1.29 is 9.59 Å². The Bertz CT molecular complexity index is 619. The first-order chi connectivity index (χ1) is 12.4. The van der Waals surface area contributed by atoms with Crippen LogP contribution in [-0.2, 0) is 4.79 Å². The summed E-state index contributed by atoms with van der Waals surface area (Å²) in [5, 5.41) is 3.28. The van der Waals surface area contributed by atoms with Crippen molar-refractivity contribution in [3.05, 3.63) is 34.9 Å². The predicted octanol–water partition coefficient (Wildman–Crippen LogP) is 2.78. The first kappa shape index (κ1) is 21.1. The van der Waals surface area contributed by atoms with Crippen LogP contribution < -0.4 is 11.1 Å². The minimum atomic E-state index is -0.530. The molecule has 0 aromatic heterocycles. The van der Waals surface area contributed by atoms with Crippen molar-refractivity contribution in [3.63, 3.8) is 0 Å². The molecule has 2 rings (SSSR count). The zero-order chi connectivity index (χ0) is 19.1. The van der Waals surface area contributed by atoms with E-state index in [2.05, 4.69) is 5.32 Å². The molecule has 0 bridgehead atoms. The normalized spacial score (nSPS) is 17.6. The molecular formula is C19H28ClN3O2S. The van der Waals surface area contributed by atoms with E-state index in [1.807, 2.05) is 18.1 Å². The summed E-state index contributed by atoms with van der Waals surface area (Å²) in [5.41, 5.74) is 6.38. The van der Waals surface area contributed by atoms with Crippen LogP contribution in [0.5, 0.6) is 0 Å². The molecule has 5 nitrogen and oxygen atoms in total. The number of nitrogens with zero attached hydrogens (tertiary/aromatic N) is 1. The SMILES string of the molecule is CSCCC(NC(=O)c1ccccc1Cl)C(=O)N1CCC(C(C)N)CC1. The van der Waals surface area contributed by atoms with Crippen LogP contribution in [0.15, 0.2) is 24.3 Å². The molecule has 0 radical (unpaired) electrons. The maximum atomic E-state index is 13.0. The van der Waals surface area contributed by atoms with Crippen LogP contribution in [0.1, 0.15) is 36.5 Å². The number of thioether (sulfide) groups is 1. The van der Waals surface area contributed by atoms with Crippen molar-refractivity contribution in [1.29, 1.82) is 0 Å². The average molecular weight is 398 g/mol. The highest BCUT2D eigenvalue weighted by Gasteiger charge is 2.30. The molecule has 2 atom stereocenters. The lowest BCUT2D eigenvalue weighted by atomic mass is 9.90. The van der Waals surface area contributed by atoms with E-state index in [0.717, 1.165) is 18.6 Å². The molecule has 1 aliphatic heterocycles. The topological polar surface area (TPSA) is 75.4 Å². The number of piperidine rings is 1. The number of nitrogens with one attached hydrogen (secondary N) is 1. The molecule has 2 amide bonds. The lowest BCUT2D eigenvalue weighted by Gasteiger charge is -2.35. The minimum absolute atomic E-state index is 0.0115. The van der Waals surface area contributed by atoms with Crippen molar-refractivity contribution in [3.8, 4) is 0 Å². The summed E-state index contributed by atoms with van der Waals surface area (Å²) in [7, 11) is 0. The Hall–Kier alpha value is -1.24. The molecule has 1 aromatic rings. The van der Waals surface area contributed by atoms with Gasteiger partial charge in [0.25, 0.3) is 5.91 Å². The minimum Gasteiger partial charge on any atom is -0.341 e. The van der Waals surface area contributed by atoms with Gasteiger partial charge in [-0.1, -0.05) is 23.7 Å². The van der Waals surface area contributed by atoms with Crippen LogP contribution >= 0.6 is 23.4 Å². The first-order valence-electron chi connectivity index (χ1n) is 9.02. The third kappa shape index (κ3) is 5.63. The zero-order valence-electron chi connectivity index (χ0n) is 15.4. The molecule has 144 valence electrons. The number of carbonyl (C=O) groups excluding carboxylic acids is 2. The monoisotopic (exact) mass is 397 g/mol. The molecular weight excluding hydrogens is 370 g/mol. The van der Waals surface area contributed by atoms with Crippen molar-refractivity contribution in [2.45, 2.75) is 38.3 Å². The molecule has 3 N–H and O–H groups in total. The van der Waals surface area contributed by atoms with E-state index in [-0.39, 0.29) is 17.9 Å². The molecule has 1 saturated heterocycles. The fourth-order valence-corrected chi connectivity index (χ4v) is 3.93. The highest BCUT2D eigenvalue weighted by molar-refractivity contribution is 7.98. The van der Waals surface area contributed by atoms with Crippen LogP contribution in [-0.4, -0.2) is 53.9 Å². The summed E-state index contributed by atoms with van der Waals surface area (Å²) < 4.78 is 0. The number of carbonyl (C=O) groups is 2. The predicted molar refractivity (Wildman–Crippen MR) is 109 cm³/mol. The lowest BCUT2D eigenvalue weighted by Crippen LogP contribution is -2.52. The Labute approximate surface area is 165 Å². The summed E-state index contributed by atoms with van der Waals surface area (Å²) in [4.78, 5) is 27.4. The summed E-state index contributed by atoms with van der Waals surface area (Å²) in [6.45, 7) is 3.42.